The number of likely N-dealkylation sites (N-methyl/N-ethyl adjacent to an activating group) is 1. The van der Waals surface area contributed by atoms with Gasteiger partial charge in [-0.25, -0.2) is 0 Å². The van der Waals surface area contributed by atoms with Crippen LogP contribution in [0.4, 0.5) is 0 Å². The molecule has 0 unspecified atom stereocenters. The van der Waals surface area contributed by atoms with Crippen LogP contribution in [0.3, 0.4) is 0 Å². The number of rotatable bonds is 2. The SMILES string of the molecule is C[N]C(=O)CN1CCCCC1. The summed E-state index contributed by atoms with van der Waals surface area (Å²) in [5, 5.41) is 3.60. The monoisotopic (exact) mass is 155 g/mol. The van der Waals surface area contributed by atoms with E-state index in [0.717, 1.165) is 13.1 Å². The molecule has 1 fully saturated rings. The van der Waals surface area contributed by atoms with Gasteiger partial charge < -0.3 is 0 Å². The van der Waals surface area contributed by atoms with E-state index in [-0.39, 0.29) is 5.91 Å². The van der Waals surface area contributed by atoms with Gasteiger partial charge in [-0.2, -0.15) is 0 Å². The molecule has 1 saturated heterocycles. The van der Waals surface area contributed by atoms with Gasteiger partial charge in [0, 0.05) is 7.05 Å². The topological polar surface area (TPSA) is 34.4 Å². The maximum atomic E-state index is 10.9. The summed E-state index contributed by atoms with van der Waals surface area (Å²) in [5.41, 5.74) is 0. The zero-order chi connectivity index (χ0) is 8.10. The Morgan fingerprint density at radius 3 is 2.55 bits per heavy atom. The fourth-order valence-electron chi connectivity index (χ4n) is 1.38. The second-order valence-corrected chi connectivity index (χ2v) is 2.95. The number of nitrogens with zero attached hydrogens (tertiary/aromatic N) is 2. The summed E-state index contributed by atoms with van der Waals surface area (Å²) in [4.78, 5) is 13.1. The summed E-state index contributed by atoms with van der Waals surface area (Å²) < 4.78 is 0. The van der Waals surface area contributed by atoms with E-state index in [1.807, 2.05) is 0 Å². The Morgan fingerprint density at radius 2 is 2.00 bits per heavy atom. The molecule has 1 aliphatic heterocycles. The molecule has 0 saturated carbocycles. The van der Waals surface area contributed by atoms with Gasteiger partial charge in [0.25, 0.3) is 5.91 Å². The molecule has 1 heterocycles. The highest BCUT2D eigenvalue weighted by molar-refractivity contribution is 5.77. The van der Waals surface area contributed by atoms with Crippen molar-refractivity contribution in [3.8, 4) is 0 Å². The highest BCUT2D eigenvalue weighted by atomic mass is 16.1. The summed E-state index contributed by atoms with van der Waals surface area (Å²) in [6, 6.07) is 0. The van der Waals surface area contributed by atoms with Crippen LogP contribution < -0.4 is 5.32 Å². The molecule has 0 bridgehead atoms. The molecule has 3 heteroatoms. The van der Waals surface area contributed by atoms with Crippen molar-refractivity contribution in [3.05, 3.63) is 0 Å². The lowest BCUT2D eigenvalue weighted by Gasteiger charge is -2.24. The highest BCUT2D eigenvalue weighted by Gasteiger charge is 2.12. The lowest BCUT2D eigenvalue weighted by atomic mass is 10.1. The molecule has 0 spiro atoms. The number of carbonyl (C=O) groups excluding carboxylic acids is 1. The standard InChI is InChI=1S/C8H15N2O/c1-9-8(11)7-10-5-3-2-4-6-10/h2-7H2,1H3. The van der Waals surface area contributed by atoms with Gasteiger partial charge in [0.1, 0.15) is 0 Å². The van der Waals surface area contributed by atoms with Crippen molar-refractivity contribution in [2.24, 2.45) is 0 Å². The maximum Gasteiger partial charge on any atom is 0.255 e. The van der Waals surface area contributed by atoms with E-state index in [0.29, 0.717) is 6.54 Å². The summed E-state index contributed by atoms with van der Waals surface area (Å²) >= 11 is 0. The Labute approximate surface area is 67.8 Å². The molecule has 63 valence electrons. The second kappa shape index (κ2) is 4.34. The lowest BCUT2D eigenvalue weighted by Crippen LogP contribution is -2.36. The average molecular weight is 155 g/mol. The number of carbonyl (C=O) groups is 1. The van der Waals surface area contributed by atoms with Gasteiger partial charge in [0.2, 0.25) is 0 Å². The van der Waals surface area contributed by atoms with Gasteiger partial charge in [-0.15, -0.1) is 0 Å². The van der Waals surface area contributed by atoms with Gasteiger partial charge >= 0.3 is 0 Å². The Bertz CT molecular complexity index is 130. The zero-order valence-corrected chi connectivity index (χ0v) is 7.05. The van der Waals surface area contributed by atoms with E-state index in [1.165, 1.54) is 19.3 Å². The van der Waals surface area contributed by atoms with Crippen LogP contribution in [0.15, 0.2) is 0 Å². The molecule has 0 atom stereocenters. The summed E-state index contributed by atoms with van der Waals surface area (Å²) in [6.07, 6.45) is 3.78. The molecular weight excluding hydrogens is 140 g/mol. The van der Waals surface area contributed by atoms with Crippen molar-refractivity contribution in [3.63, 3.8) is 0 Å². The lowest BCUT2D eigenvalue weighted by molar-refractivity contribution is -0.122. The molecule has 0 aromatic carbocycles. The fourth-order valence-corrected chi connectivity index (χ4v) is 1.38. The van der Waals surface area contributed by atoms with E-state index in [1.54, 1.807) is 7.05 Å². The van der Waals surface area contributed by atoms with Gasteiger partial charge in [0.15, 0.2) is 0 Å². The number of likely N-dealkylation sites (tertiary alicyclic amines) is 1. The van der Waals surface area contributed by atoms with Crippen molar-refractivity contribution >= 4 is 5.91 Å². The van der Waals surface area contributed by atoms with Gasteiger partial charge in [-0.05, 0) is 25.9 Å². The molecule has 0 aromatic heterocycles. The highest BCUT2D eigenvalue weighted by Crippen LogP contribution is 2.07. The summed E-state index contributed by atoms with van der Waals surface area (Å²) in [5.74, 6) is 0.00639. The maximum absolute atomic E-state index is 10.9. The van der Waals surface area contributed by atoms with Crippen molar-refractivity contribution in [2.75, 3.05) is 26.7 Å². The van der Waals surface area contributed by atoms with Crippen molar-refractivity contribution < 1.29 is 4.79 Å². The smallest absolute Gasteiger partial charge is 0.255 e. The zero-order valence-electron chi connectivity index (χ0n) is 7.05. The Balaban J connectivity index is 2.19. The molecule has 0 N–H and O–H groups in total. The minimum atomic E-state index is 0.00639. The predicted octanol–water partition coefficient (Wildman–Crippen LogP) is 0.233. The fraction of sp³-hybridized carbons (Fsp3) is 0.875. The molecule has 3 nitrogen and oxygen atoms in total. The Hall–Kier alpha value is -0.570. The minimum Gasteiger partial charge on any atom is -0.294 e. The van der Waals surface area contributed by atoms with Gasteiger partial charge in [-0.1, -0.05) is 6.42 Å². The van der Waals surface area contributed by atoms with Crippen LogP contribution in [0.1, 0.15) is 19.3 Å². The summed E-state index contributed by atoms with van der Waals surface area (Å²) in [6.45, 7) is 2.67. The molecule has 1 radical (unpaired) electrons. The molecule has 11 heavy (non-hydrogen) atoms. The molecule has 1 amide bonds. The van der Waals surface area contributed by atoms with Crippen molar-refractivity contribution in [1.82, 2.24) is 10.2 Å². The van der Waals surface area contributed by atoms with Crippen LogP contribution in [0.25, 0.3) is 0 Å². The van der Waals surface area contributed by atoms with Crippen molar-refractivity contribution in [2.45, 2.75) is 19.3 Å². The largest absolute Gasteiger partial charge is 0.294 e. The third kappa shape index (κ3) is 2.89. The van der Waals surface area contributed by atoms with E-state index < -0.39 is 0 Å². The molecule has 1 aliphatic rings. The molecular formula is C8H15N2O. The van der Waals surface area contributed by atoms with Gasteiger partial charge in [-0.3, -0.25) is 15.0 Å². The van der Waals surface area contributed by atoms with Crippen LogP contribution >= 0.6 is 0 Å². The second-order valence-electron chi connectivity index (χ2n) is 2.95. The van der Waals surface area contributed by atoms with Crippen LogP contribution in [0.5, 0.6) is 0 Å². The van der Waals surface area contributed by atoms with Crippen LogP contribution in [-0.4, -0.2) is 37.5 Å². The first-order valence-electron chi connectivity index (χ1n) is 4.18. The quantitative estimate of drug-likeness (QED) is 0.572. The number of amides is 1. The van der Waals surface area contributed by atoms with Crippen LogP contribution in [0.2, 0.25) is 0 Å². The van der Waals surface area contributed by atoms with Crippen LogP contribution in [0, 0.1) is 0 Å². The van der Waals surface area contributed by atoms with E-state index in [2.05, 4.69) is 10.2 Å². The number of hydrogen-bond donors (Lipinski definition) is 0. The molecule has 0 aliphatic carbocycles. The van der Waals surface area contributed by atoms with E-state index in [4.69, 9.17) is 0 Å². The van der Waals surface area contributed by atoms with Crippen molar-refractivity contribution in [1.29, 1.82) is 0 Å². The normalized spacial score (nSPS) is 19.7. The number of piperidine rings is 1. The first-order chi connectivity index (χ1) is 5.33. The first-order valence-corrected chi connectivity index (χ1v) is 4.18. The first kappa shape index (κ1) is 8.53. The number of hydrogen-bond acceptors (Lipinski definition) is 2. The minimum absolute atomic E-state index is 0.00639. The third-order valence-corrected chi connectivity index (χ3v) is 2.06. The third-order valence-electron chi connectivity index (χ3n) is 2.06. The predicted molar refractivity (Wildman–Crippen MR) is 43.4 cm³/mol. The average Bonchev–Trinajstić information content (AvgIpc) is 2.06. The van der Waals surface area contributed by atoms with Crippen LogP contribution in [-0.2, 0) is 4.79 Å². The van der Waals surface area contributed by atoms with E-state index in [9.17, 15) is 4.79 Å². The Kier molecular flexibility index (Phi) is 3.36. The van der Waals surface area contributed by atoms with E-state index >= 15 is 0 Å². The molecule has 0 aromatic rings. The Morgan fingerprint density at radius 1 is 1.36 bits per heavy atom. The summed E-state index contributed by atoms with van der Waals surface area (Å²) in [7, 11) is 1.56. The van der Waals surface area contributed by atoms with Gasteiger partial charge in [0.05, 0.1) is 6.54 Å². The molecule has 1 rings (SSSR count).